The number of fused-ring (bicyclic) bond motifs is 1. The Kier molecular flexibility index (Phi) is 6.62. The van der Waals surface area contributed by atoms with Gasteiger partial charge in [0, 0.05) is 43.6 Å². The average molecular weight is 438 g/mol. The Morgan fingerprint density at radius 2 is 1.97 bits per heavy atom. The molecule has 0 radical (unpaired) electrons. The van der Waals surface area contributed by atoms with E-state index in [0.29, 0.717) is 32.7 Å². The van der Waals surface area contributed by atoms with E-state index in [1.165, 1.54) is 11.0 Å². The predicted octanol–water partition coefficient (Wildman–Crippen LogP) is 2.66. The molecule has 2 amide bonds. The van der Waals surface area contributed by atoms with Gasteiger partial charge in [0.1, 0.15) is 0 Å². The van der Waals surface area contributed by atoms with Crippen LogP contribution in [-0.4, -0.2) is 54.7 Å². The molecule has 2 aliphatic heterocycles. The molecule has 31 heavy (non-hydrogen) atoms. The average Bonchev–Trinajstić information content (AvgIpc) is 2.91. The standard InChI is InChI=1S/C22H25F3N2O4/c1-3-8-27-17-14-15(6-4-5-7-18(28)26-9-11-31-12-10-26)13-16(22(23,24)25)19(17)21(2,30)20(27)29/h13-14,30H,3,5,7-12H2,1-2H3. The zero-order valence-electron chi connectivity index (χ0n) is 17.5. The van der Waals surface area contributed by atoms with Gasteiger partial charge in [0.25, 0.3) is 5.91 Å². The quantitative estimate of drug-likeness (QED) is 0.734. The monoisotopic (exact) mass is 438 g/mol. The zero-order valence-corrected chi connectivity index (χ0v) is 17.5. The molecule has 0 aliphatic carbocycles. The lowest BCUT2D eigenvalue weighted by atomic mass is 9.91. The molecule has 1 fully saturated rings. The van der Waals surface area contributed by atoms with E-state index >= 15 is 0 Å². The van der Waals surface area contributed by atoms with Crippen molar-refractivity contribution in [3.05, 3.63) is 28.8 Å². The van der Waals surface area contributed by atoms with Crippen LogP contribution in [0.4, 0.5) is 18.9 Å². The number of carbonyl (C=O) groups is 2. The number of benzene rings is 1. The van der Waals surface area contributed by atoms with Gasteiger partial charge in [-0.3, -0.25) is 9.59 Å². The Morgan fingerprint density at radius 3 is 2.58 bits per heavy atom. The summed E-state index contributed by atoms with van der Waals surface area (Å²) in [6.45, 7) is 5.08. The first kappa shape index (κ1) is 23.1. The van der Waals surface area contributed by atoms with Crippen LogP contribution in [0.3, 0.4) is 0 Å². The highest BCUT2D eigenvalue weighted by Crippen LogP contribution is 2.47. The molecule has 0 aromatic heterocycles. The summed E-state index contributed by atoms with van der Waals surface area (Å²) in [5, 5.41) is 10.6. The largest absolute Gasteiger partial charge is 0.416 e. The molecule has 1 atom stereocenters. The van der Waals surface area contributed by atoms with E-state index < -0.39 is 28.8 Å². The molecule has 1 aromatic rings. The summed E-state index contributed by atoms with van der Waals surface area (Å²) < 4.78 is 46.5. The van der Waals surface area contributed by atoms with Crippen molar-refractivity contribution in [1.82, 2.24) is 4.90 Å². The SMILES string of the molecule is CCCN1C(=O)C(C)(O)c2c1cc(C#CCCC(=O)N1CCOCC1)cc2C(F)(F)F. The van der Waals surface area contributed by atoms with Crippen LogP contribution in [-0.2, 0) is 26.1 Å². The van der Waals surface area contributed by atoms with Gasteiger partial charge in [0.15, 0.2) is 5.60 Å². The van der Waals surface area contributed by atoms with Gasteiger partial charge in [-0.25, -0.2) is 0 Å². The van der Waals surface area contributed by atoms with Crippen molar-refractivity contribution in [2.45, 2.75) is 44.9 Å². The summed E-state index contributed by atoms with van der Waals surface area (Å²) in [6.07, 6.45) is -3.88. The third-order valence-corrected chi connectivity index (χ3v) is 5.37. The van der Waals surface area contributed by atoms with Gasteiger partial charge in [0.05, 0.1) is 24.5 Å². The summed E-state index contributed by atoms with van der Waals surface area (Å²) in [7, 11) is 0. The van der Waals surface area contributed by atoms with E-state index in [1.54, 1.807) is 11.8 Å². The summed E-state index contributed by atoms with van der Waals surface area (Å²) in [5.41, 5.74) is -3.66. The smallest absolute Gasteiger partial charge is 0.378 e. The lowest BCUT2D eigenvalue weighted by molar-refractivity contribution is -0.143. The molecular weight excluding hydrogens is 413 g/mol. The fourth-order valence-corrected chi connectivity index (χ4v) is 3.88. The third-order valence-electron chi connectivity index (χ3n) is 5.37. The maximum Gasteiger partial charge on any atom is 0.416 e. The summed E-state index contributed by atoms with van der Waals surface area (Å²) in [4.78, 5) is 27.6. The van der Waals surface area contributed by atoms with Gasteiger partial charge in [0.2, 0.25) is 5.91 Å². The van der Waals surface area contributed by atoms with Crippen molar-refractivity contribution in [2.24, 2.45) is 0 Å². The fraction of sp³-hybridized carbons (Fsp3) is 0.545. The maximum absolute atomic E-state index is 13.8. The molecule has 1 aromatic carbocycles. The summed E-state index contributed by atoms with van der Waals surface area (Å²) >= 11 is 0. The number of rotatable bonds is 4. The van der Waals surface area contributed by atoms with Crippen molar-refractivity contribution in [2.75, 3.05) is 37.7 Å². The molecule has 1 N–H and O–H groups in total. The second-order valence-corrected chi connectivity index (χ2v) is 7.74. The van der Waals surface area contributed by atoms with Crippen molar-refractivity contribution in [3.63, 3.8) is 0 Å². The predicted molar refractivity (Wildman–Crippen MR) is 107 cm³/mol. The van der Waals surface area contributed by atoms with Crippen molar-refractivity contribution >= 4 is 17.5 Å². The molecule has 1 unspecified atom stereocenters. The Hall–Kier alpha value is -2.57. The lowest BCUT2D eigenvalue weighted by Crippen LogP contribution is -2.40. The van der Waals surface area contributed by atoms with Crippen LogP contribution in [0.2, 0.25) is 0 Å². The fourth-order valence-electron chi connectivity index (χ4n) is 3.88. The van der Waals surface area contributed by atoms with Crippen LogP contribution < -0.4 is 4.90 Å². The highest BCUT2D eigenvalue weighted by atomic mass is 19.4. The molecule has 1 saturated heterocycles. The summed E-state index contributed by atoms with van der Waals surface area (Å²) in [6, 6.07) is 2.25. The first-order chi connectivity index (χ1) is 14.6. The third kappa shape index (κ3) is 4.70. The maximum atomic E-state index is 13.8. The van der Waals surface area contributed by atoms with Gasteiger partial charge in [-0.15, -0.1) is 0 Å². The van der Waals surface area contributed by atoms with E-state index in [-0.39, 0.29) is 36.5 Å². The Morgan fingerprint density at radius 1 is 1.29 bits per heavy atom. The topological polar surface area (TPSA) is 70.1 Å². The van der Waals surface area contributed by atoms with Gasteiger partial charge in [-0.1, -0.05) is 18.8 Å². The first-order valence-electron chi connectivity index (χ1n) is 10.2. The van der Waals surface area contributed by atoms with Crippen molar-refractivity contribution < 1.29 is 32.6 Å². The Bertz CT molecular complexity index is 925. The van der Waals surface area contributed by atoms with Gasteiger partial charge in [-0.2, -0.15) is 13.2 Å². The number of nitrogens with zero attached hydrogens (tertiary/aromatic N) is 2. The Labute approximate surface area is 179 Å². The number of alkyl halides is 3. The molecule has 2 heterocycles. The van der Waals surface area contributed by atoms with Crippen molar-refractivity contribution in [1.29, 1.82) is 0 Å². The Balaban J connectivity index is 1.87. The van der Waals surface area contributed by atoms with Crippen LogP contribution in [0.15, 0.2) is 12.1 Å². The molecule has 0 spiro atoms. The van der Waals surface area contributed by atoms with Crippen LogP contribution in [0.25, 0.3) is 0 Å². The molecule has 0 bridgehead atoms. The number of aliphatic hydroxyl groups is 1. The highest BCUT2D eigenvalue weighted by Gasteiger charge is 2.51. The number of ether oxygens (including phenoxy) is 1. The van der Waals surface area contributed by atoms with E-state index in [2.05, 4.69) is 11.8 Å². The van der Waals surface area contributed by atoms with Gasteiger partial charge >= 0.3 is 6.18 Å². The molecule has 3 rings (SSSR count). The number of halogens is 3. The number of amides is 2. The van der Waals surface area contributed by atoms with E-state index in [0.717, 1.165) is 13.0 Å². The minimum Gasteiger partial charge on any atom is -0.378 e. The number of morpholine rings is 1. The number of anilines is 1. The molecule has 9 heteroatoms. The van der Waals surface area contributed by atoms with Gasteiger partial charge < -0.3 is 19.6 Å². The van der Waals surface area contributed by atoms with E-state index in [4.69, 9.17) is 4.74 Å². The summed E-state index contributed by atoms with van der Waals surface area (Å²) in [5.74, 6) is 4.59. The second kappa shape index (κ2) is 8.89. The van der Waals surface area contributed by atoms with Crippen LogP contribution >= 0.6 is 0 Å². The minimum atomic E-state index is -4.76. The zero-order chi connectivity index (χ0) is 22.8. The molecule has 0 saturated carbocycles. The first-order valence-corrected chi connectivity index (χ1v) is 10.2. The number of carbonyl (C=O) groups excluding carboxylic acids is 2. The van der Waals surface area contributed by atoms with E-state index in [1.807, 2.05) is 0 Å². The van der Waals surface area contributed by atoms with Crippen LogP contribution in [0.5, 0.6) is 0 Å². The van der Waals surface area contributed by atoms with Crippen LogP contribution in [0.1, 0.15) is 49.8 Å². The second-order valence-electron chi connectivity index (χ2n) is 7.74. The normalized spacial score (nSPS) is 21.0. The van der Waals surface area contributed by atoms with Crippen LogP contribution in [0, 0.1) is 11.8 Å². The number of hydrogen-bond acceptors (Lipinski definition) is 4. The molecule has 168 valence electrons. The number of hydrogen-bond donors (Lipinski definition) is 1. The van der Waals surface area contributed by atoms with Gasteiger partial charge in [-0.05, 0) is 25.5 Å². The minimum absolute atomic E-state index is 0.0281. The lowest BCUT2D eigenvalue weighted by Gasteiger charge is -2.26. The van der Waals surface area contributed by atoms with E-state index in [9.17, 15) is 27.9 Å². The molecule has 6 nitrogen and oxygen atoms in total. The van der Waals surface area contributed by atoms with Crippen molar-refractivity contribution in [3.8, 4) is 11.8 Å². The molecule has 2 aliphatic rings. The molecular formula is C22H25F3N2O4. The highest BCUT2D eigenvalue weighted by molar-refractivity contribution is 6.07.